The fourth-order valence-electron chi connectivity index (χ4n) is 1.54. The minimum Gasteiger partial charge on any atom is -0.374 e. The highest BCUT2D eigenvalue weighted by atomic mass is 16.5. The van der Waals surface area contributed by atoms with Crippen molar-refractivity contribution < 1.29 is 9.47 Å². The van der Waals surface area contributed by atoms with E-state index in [-0.39, 0.29) is 0 Å². The van der Waals surface area contributed by atoms with Crippen LogP contribution in [0.15, 0.2) is 24.3 Å². The highest BCUT2D eigenvalue weighted by Crippen LogP contribution is 2.14. The van der Waals surface area contributed by atoms with Crippen molar-refractivity contribution in [2.24, 2.45) is 0 Å². The molecule has 2 heteroatoms. The molecule has 0 amide bonds. The van der Waals surface area contributed by atoms with Crippen LogP contribution in [0.4, 0.5) is 0 Å². The van der Waals surface area contributed by atoms with Gasteiger partial charge in [0.25, 0.3) is 0 Å². The smallest absolute Gasteiger partial charge is 0.0724 e. The Morgan fingerprint density at radius 2 is 1.22 bits per heavy atom. The van der Waals surface area contributed by atoms with Crippen molar-refractivity contribution in [1.82, 2.24) is 0 Å². The lowest BCUT2D eigenvalue weighted by molar-refractivity contribution is 0.0397. The molecule has 0 N–H and O–H groups in total. The Hall–Kier alpha value is -0.860. The quantitative estimate of drug-likeness (QED) is 0.684. The third-order valence-electron chi connectivity index (χ3n) is 3.31. The summed E-state index contributed by atoms with van der Waals surface area (Å²) in [5.41, 5.74) is 2.47. The van der Waals surface area contributed by atoms with Crippen molar-refractivity contribution in [3.63, 3.8) is 0 Å². The fourth-order valence-corrected chi connectivity index (χ4v) is 1.54. The molecule has 0 aromatic heterocycles. The average molecular weight is 250 g/mol. The van der Waals surface area contributed by atoms with Crippen LogP contribution in [0.1, 0.15) is 51.7 Å². The van der Waals surface area contributed by atoms with Gasteiger partial charge in [0.15, 0.2) is 0 Å². The van der Waals surface area contributed by atoms with Gasteiger partial charge >= 0.3 is 0 Å². The Morgan fingerprint density at radius 1 is 0.833 bits per heavy atom. The Kier molecular flexibility index (Phi) is 6.99. The molecule has 102 valence electrons. The lowest BCUT2D eigenvalue weighted by Gasteiger charge is -2.15. The van der Waals surface area contributed by atoms with Crippen molar-refractivity contribution in [3.05, 3.63) is 35.4 Å². The zero-order chi connectivity index (χ0) is 13.4. The van der Waals surface area contributed by atoms with Crippen molar-refractivity contribution in [3.8, 4) is 0 Å². The highest BCUT2D eigenvalue weighted by Gasteiger charge is 2.06. The largest absolute Gasteiger partial charge is 0.374 e. The van der Waals surface area contributed by atoms with E-state index in [0.717, 1.165) is 12.8 Å². The van der Waals surface area contributed by atoms with Crippen molar-refractivity contribution in [1.29, 1.82) is 0 Å². The summed E-state index contributed by atoms with van der Waals surface area (Å²) in [6.07, 6.45) is 2.72. The van der Waals surface area contributed by atoms with Gasteiger partial charge in [-0.15, -0.1) is 0 Å². The van der Waals surface area contributed by atoms with Gasteiger partial charge in [-0.1, -0.05) is 38.1 Å². The molecule has 1 aromatic rings. The molecule has 0 aliphatic carbocycles. The number of benzene rings is 1. The van der Waals surface area contributed by atoms with Crippen LogP contribution in [0, 0.1) is 0 Å². The molecule has 2 unspecified atom stereocenters. The zero-order valence-electron chi connectivity index (χ0n) is 12.1. The van der Waals surface area contributed by atoms with Crippen molar-refractivity contribution in [2.45, 2.75) is 66.0 Å². The first-order chi connectivity index (χ1) is 8.67. The van der Waals surface area contributed by atoms with E-state index in [0.29, 0.717) is 25.4 Å². The van der Waals surface area contributed by atoms with Crippen LogP contribution < -0.4 is 0 Å². The summed E-state index contributed by atoms with van der Waals surface area (Å²) >= 11 is 0. The van der Waals surface area contributed by atoms with E-state index >= 15 is 0 Å². The molecule has 1 rings (SSSR count). The van der Waals surface area contributed by atoms with E-state index in [2.05, 4.69) is 52.0 Å². The Balaban J connectivity index is 2.56. The first-order valence-electron chi connectivity index (χ1n) is 6.97. The molecule has 0 bridgehead atoms. The molecule has 18 heavy (non-hydrogen) atoms. The maximum Gasteiger partial charge on any atom is 0.0724 e. The Labute approximate surface area is 111 Å². The van der Waals surface area contributed by atoms with E-state index in [1.807, 2.05) is 0 Å². The lowest BCUT2D eigenvalue weighted by atomic mass is 10.1. The second-order valence-electron chi connectivity index (χ2n) is 4.83. The predicted molar refractivity (Wildman–Crippen MR) is 75.5 cm³/mol. The van der Waals surface area contributed by atoms with Gasteiger partial charge in [-0.3, -0.25) is 0 Å². The third kappa shape index (κ3) is 5.19. The van der Waals surface area contributed by atoms with Crippen LogP contribution in [0.3, 0.4) is 0 Å². The molecule has 0 aliphatic rings. The minimum absolute atomic E-state index is 0.313. The normalized spacial score (nSPS) is 14.4. The summed E-state index contributed by atoms with van der Waals surface area (Å²) in [6, 6.07) is 8.36. The topological polar surface area (TPSA) is 18.5 Å². The monoisotopic (exact) mass is 250 g/mol. The van der Waals surface area contributed by atoms with E-state index < -0.39 is 0 Å². The first kappa shape index (κ1) is 15.2. The van der Waals surface area contributed by atoms with Crippen molar-refractivity contribution >= 4 is 0 Å². The summed E-state index contributed by atoms with van der Waals surface area (Å²) < 4.78 is 11.6. The van der Waals surface area contributed by atoms with Crippen LogP contribution in [0.25, 0.3) is 0 Å². The van der Waals surface area contributed by atoms with Gasteiger partial charge in [0.2, 0.25) is 0 Å². The van der Waals surface area contributed by atoms with Crippen LogP contribution in [-0.2, 0) is 22.7 Å². The molecule has 0 spiro atoms. The van der Waals surface area contributed by atoms with Gasteiger partial charge < -0.3 is 9.47 Å². The zero-order valence-corrected chi connectivity index (χ0v) is 12.1. The van der Waals surface area contributed by atoms with Crippen LogP contribution in [-0.4, -0.2) is 12.2 Å². The molecular weight excluding hydrogens is 224 g/mol. The van der Waals surface area contributed by atoms with Gasteiger partial charge in [-0.2, -0.15) is 0 Å². The summed E-state index contributed by atoms with van der Waals surface area (Å²) in [4.78, 5) is 0. The molecule has 0 aliphatic heterocycles. The molecule has 0 fully saturated rings. The predicted octanol–water partition coefficient (Wildman–Crippen LogP) is 4.32. The Morgan fingerprint density at radius 3 is 1.56 bits per heavy atom. The van der Waals surface area contributed by atoms with Crippen LogP contribution in [0.2, 0.25) is 0 Å². The van der Waals surface area contributed by atoms with Gasteiger partial charge in [0.1, 0.15) is 0 Å². The van der Waals surface area contributed by atoms with Crippen molar-refractivity contribution in [2.75, 3.05) is 0 Å². The number of rotatable bonds is 8. The fraction of sp³-hybridized carbons (Fsp3) is 0.625. The first-order valence-corrected chi connectivity index (χ1v) is 6.97. The van der Waals surface area contributed by atoms with Gasteiger partial charge in [-0.25, -0.2) is 0 Å². The highest BCUT2D eigenvalue weighted by molar-refractivity contribution is 5.25. The summed E-state index contributed by atoms with van der Waals surface area (Å²) in [6.45, 7) is 9.85. The molecule has 0 radical (unpaired) electrons. The standard InChI is InChI=1S/C16H26O2/c1-5-13(3)17-11-15-9-7-8-10-16(15)12-18-14(4)6-2/h7-10,13-14H,5-6,11-12H2,1-4H3. The van der Waals surface area contributed by atoms with Crippen LogP contribution >= 0.6 is 0 Å². The van der Waals surface area contributed by atoms with E-state index in [9.17, 15) is 0 Å². The number of ether oxygens (including phenoxy) is 2. The molecule has 0 heterocycles. The minimum atomic E-state index is 0.313. The second-order valence-corrected chi connectivity index (χ2v) is 4.83. The maximum atomic E-state index is 5.80. The average Bonchev–Trinajstić information content (AvgIpc) is 2.42. The molecular formula is C16H26O2. The third-order valence-corrected chi connectivity index (χ3v) is 3.31. The number of hydrogen-bond donors (Lipinski definition) is 0. The van der Waals surface area contributed by atoms with E-state index in [1.165, 1.54) is 11.1 Å². The summed E-state index contributed by atoms with van der Waals surface area (Å²) in [7, 11) is 0. The molecule has 2 nitrogen and oxygen atoms in total. The molecule has 2 atom stereocenters. The van der Waals surface area contributed by atoms with E-state index in [1.54, 1.807) is 0 Å². The molecule has 1 aromatic carbocycles. The summed E-state index contributed by atoms with van der Waals surface area (Å²) in [5.74, 6) is 0. The SMILES string of the molecule is CCC(C)OCc1ccccc1COC(C)CC. The van der Waals surface area contributed by atoms with Crippen LogP contribution in [0.5, 0.6) is 0 Å². The Bertz CT molecular complexity index is 303. The summed E-state index contributed by atoms with van der Waals surface area (Å²) in [5, 5.41) is 0. The second kappa shape index (κ2) is 8.28. The molecule has 0 saturated carbocycles. The maximum absolute atomic E-state index is 5.80. The van der Waals surface area contributed by atoms with Gasteiger partial charge in [0, 0.05) is 0 Å². The molecule has 0 saturated heterocycles. The van der Waals surface area contributed by atoms with Gasteiger partial charge in [0.05, 0.1) is 25.4 Å². The van der Waals surface area contributed by atoms with E-state index in [4.69, 9.17) is 9.47 Å². The van der Waals surface area contributed by atoms with Gasteiger partial charge in [-0.05, 0) is 37.8 Å². The lowest BCUT2D eigenvalue weighted by Crippen LogP contribution is -2.10. The number of hydrogen-bond acceptors (Lipinski definition) is 2.